The smallest absolute Gasteiger partial charge is 0.225 e. The predicted octanol–water partition coefficient (Wildman–Crippen LogP) is 1.60. The van der Waals surface area contributed by atoms with Crippen molar-refractivity contribution in [3.05, 3.63) is 35.4 Å². The SMILES string of the molecule is COCCN1C(=O)CC[C@@H](C(=O)NCCN(C)C)[C@@H]1c1ccccc1C. The fourth-order valence-corrected chi connectivity index (χ4v) is 3.52. The van der Waals surface area contributed by atoms with Crippen LogP contribution < -0.4 is 5.32 Å². The maximum Gasteiger partial charge on any atom is 0.225 e. The molecule has 1 aromatic rings. The number of benzene rings is 1. The molecule has 2 amide bonds. The van der Waals surface area contributed by atoms with Gasteiger partial charge in [0.15, 0.2) is 0 Å². The molecular formula is C20H31N3O3. The van der Waals surface area contributed by atoms with Gasteiger partial charge in [0.25, 0.3) is 0 Å². The van der Waals surface area contributed by atoms with E-state index in [1.54, 1.807) is 7.11 Å². The van der Waals surface area contributed by atoms with Crippen LogP contribution in [0.5, 0.6) is 0 Å². The Kier molecular flexibility index (Phi) is 7.60. The summed E-state index contributed by atoms with van der Waals surface area (Å²) in [5.41, 5.74) is 2.14. The lowest BCUT2D eigenvalue weighted by atomic mass is 9.82. The molecular weight excluding hydrogens is 330 g/mol. The van der Waals surface area contributed by atoms with Crippen LogP contribution in [0.25, 0.3) is 0 Å². The lowest BCUT2D eigenvalue weighted by Gasteiger charge is -2.41. The van der Waals surface area contributed by atoms with E-state index in [-0.39, 0.29) is 23.8 Å². The van der Waals surface area contributed by atoms with Gasteiger partial charge in [0, 0.05) is 33.2 Å². The number of methoxy groups -OCH3 is 1. The van der Waals surface area contributed by atoms with E-state index in [2.05, 4.69) is 5.32 Å². The first-order valence-electron chi connectivity index (χ1n) is 9.22. The maximum atomic E-state index is 12.9. The summed E-state index contributed by atoms with van der Waals surface area (Å²) in [5.74, 6) is -0.129. The van der Waals surface area contributed by atoms with Crippen LogP contribution in [0.2, 0.25) is 0 Å². The molecule has 0 unspecified atom stereocenters. The van der Waals surface area contributed by atoms with Gasteiger partial charge in [-0.2, -0.15) is 0 Å². The number of likely N-dealkylation sites (tertiary alicyclic amines) is 1. The van der Waals surface area contributed by atoms with E-state index >= 15 is 0 Å². The lowest BCUT2D eigenvalue weighted by Crippen LogP contribution is -2.49. The summed E-state index contributed by atoms with van der Waals surface area (Å²) in [6.07, 6.45) is 0.979. The zero-order chi connectivity index (χ0) is 19.1. The number of likely N-dealkylation sites (N-methyl/N-ethyl adjacent to an activating group) is 1. The molecule has 1 aromatic carbocycles. The standard InChI is InChI=1S/C20H31N3O3/c1-15-7-5-6-8-16(15)19-17(20(25)21-11-12-22(2)3)9-10-18(24)23(19)13-14-26-4/h5-8,17,19H,9-14H2,1-4H3,(H,21,25)/t17-,19+/m1/s1. The second kappa shape index (κ2) is 9.69. The summed E-state index contributed by atoms with van der Waals surface area (Å²) in [6, 6.07) is 7.76. The first-order chi connectivity index (χ1) is 12.5. The highest BCUT2D eigenvalue weighted by Crippen LogP contribution is 2.38. The molecule has 2 rings (SSSR count). The Morgan fingerprint density at radius 2 is 2.08 bits per heavy atom. The Labute approximate surface area is 156 Å². The molecule has 1 heterocycles. The third-order valence-corrected chi connectivity index (χ3v) is 4.94. The molecule has 0 aliphatic carbocycles. The summed E-state index contributed by atoms with van der Waals surface area (Å²) in [6.45, 7) is 4.39. The van der Waals surface area contributed by atoms with Crippen molar-refractivity contribution in [2.24, 2.45) is 5.92 Å². The van der Waals surface area contributed by atoms with E-state index < -0.39 is 0 Å². The number of nitrogens with zero attached hydrogens (tertiary/aromatic N) is 2. The van der Waals surface area contributed by atoms with E-state index in [4.69, 9.17) is 4.74 Å². The Morgan fingerprint density at radius 3 is 2.73 bits per heavy atom. The molecule has 6 nitrogen and oxygen atoms in total. The molecule has 1 saturated heterocycles. The fraction of sp³-hybridized carbons (Fsp3) is 0.600. The molecule has 0 spiro atoms. The average molecular weight is 361 g/mol. The summed E-state index contributed by atoms with van der Waals surface area (Å²) in [7, 11) is 5.59. The Balaban J connectivity index is 2.27. The first kappa shape index (κ1) is 20.4. The number of hydrogen-bond donors (Lipinski definition) is 1. The van der Waals surface area contributed by atoms with Crippen LogP contribution in [0.4, 0.5) is 0 Å². The highest BCUT2D eigenvalue weighted by molar-refractivity contribution is 5.85. The fourth-order valence-electron chi connectivity index (χ4n) is 3.52. The molecule has 0 saturated carbocycles. The minimum absolute atomic E-state index is 0.0232. The minimum Gasteiger partial charge on any atom is -0.383 e. The number of amides is 2. The molecule has 0 radical (unpaired) electrons. The van der Waals surface area contributed by atoms with Crippen molar-refractivity contribution in [1.29, 1.82) is 0 Å². The van der Waals surface area contributed by atoms with Crippen molar-refractivity contribution < 1.29 is 14.3 Å². The molecule has 1 fully saturated rings. The van der Waals surface area contributed by atoms with Gasteiger partial charge in [0.1, 0.15) is 0 Å². The van der Waals surface area contributed by atoms with Crippen LogP contribution in [-0.4, -0.2) is 69.1 Å². The molecule has 0 aromatic heterocycles. The third kappa shape index (κ3) is 5.05. The quantitative estimate of drug-likeness (QED) is 0.764. The summed E-state index contributed by atoms with van der Waals surface area (Å²) in [5, 5.41) is 3.04. The zero-order valence-corrected chi connectivity index (χ0v) is 16.3. The van der Waals surface area contributed by atoms with Gasteiger partial charge >= 0.3 is 0 Å². The minimum atomic E-state index is -0.244. The van der Waals surface area contributed by atoms with Crippen LogP contribution in [0, 0.1) is 12.8 Å². The van der Waals surface area contributed by atoms with Crippen molar-refractivity contribution in [2.75, 3.05) is 47.4 Å². The number of rotatable bonds is 8. The van der Waals surface area contributed by atoms with Crippen molar-refractivity contribution in [3.63, 3.8) is 0 Å². The monoisotopic (exact) mass is 361 g/mol. The van der Waals surface area contributed by atoms with Gasteiger partial charge in [0.2, 0.25) is 11.8 Å². The molecule has 0 bridgehead atoms. The second-order valence-corrected chi connectivity index (χ2v) is 7.12. The molecule has 2 atom stereocenters. The number of piperidine rings is 1. The van der Waals surface area contributed by atoms with E-state index in [9.17, 15) is 9.59 Å². The van der Waals surface area contributed by atoms with Crippen molar-refractivity contribution in [3.8, 4) is 0 Å². The Morgan fingerprint density at radius 1 is 1.35 bits per heavy atom. The van der Waals surface area contributed by atoms with Crippen LogP contribution in [0.1, 0.15) is 30.0 Å². The molecule has 1 aliphatic heterocycles. The highest BCUT2D eigenvalue weighted by Gasteiger charge is 2.40. The van der Waals surface area contributed by atoms with Gasteiger partial charge in [-0.15, -0.1) is 0 Å². The lowest BCUT2D eigenvalue weighted by molar-refractivity contribution is -0.144. The number of carbonyl (C=O) groups is 2. The number of aryl methyl sites for hydroxylation is 1. The van der Waals surface area contributed by atoms with E-state index in [1.165, 1.54) is 0 Å². The van der Waals surface area contributed by atoms with Crippen molar-refractivity contribution in [1.82, 2.24) is 15.1 Å². The molecule has 1 N–H and O–H groups in total. The van der Waals surface area contributed by atoms with Crippen LogP contribution in [-0.2, 0) is 14.3 Å². The first-order valence-corrected chi connectivity index (χ1v) is 9.22. The second-order valence-electron chi connectivity index (χ2n) is 7.12. The van der Waals surface area contributed by atoms with Gasteiger partial charge in [-0.25, -0.2) is 0 Å². The van der Waals surface area contributed by atoms with Crippen LogP contribution in [0.3, 0.4) is 0 Å². The van der Waals surface area contributed by atoms with Crippen LogP contribution >= 0.6 is 0 Å². The summed E-state index contributed by atoms with van der Waals surface area (Å²) < 4.78 is 5.19. The maximum absolute atomic E-state index is 12.9. The Bertz CT molecular complexity index is 618. The number of ether oxygens (including phenoxy) is 1. The topological polar surface area (TPSA) is 61.9 Å². The predicted molar refractivity (Wildman–Crippen MR) is 102 cm³/mol. The summed E-state index contributed by atoms with van der Waals surface area (Å²) in [4.78, 5) is 29.4. The average Bonchev–Trinajstić information content (AvgIpc) is 2.60. The van der Waals surface area contributed by atoms with E-state index in [1.807, 2.05) is 55.1 Å². The molecule has 26 heavy (non-hydrogen) atoms. The number of hydrogen-bond acceptors (Lipinski definition) is 4. The number of nitrogens with one attached hydrogen (secondary N) is 1. The number of carbonyl (C=O) groups excluding carboxylic acids is 2. The third-order valence-electron chi connectivity index (χ3n) is 4.94. The van der Waals surface area contributed by atoms with E-state index in [0.717, 1.165) is 17.7 Å². The zero-order valence-electron chi connectivity index (χ0n) is 16.3. The molecule has 1 aliphatic rings. The van der Waals surface area contributed by atoms with Gasteiger partial charge in [0.05, 0.1) is 18.6 Å². The van der Waals surface area contributed by atoms with Crippen molar-refractivity contribution >= 4 is 11.8 Å². The normalized spacial score (nSPS) is 20.5. The molecule has 6 heteroatoms. The van der Waals surface area contributed by atoms with Gasteiger partial charge in [-0.1, -0.05) is 24.3 Å². The van der Waals surface area contributed by atoms with Gasteiger partial charge < -0.3 is 19.9 Å². The summed E-state index contributed by atoms with van der Waals surface area (Å²) >= 11 is 0. The van der Waals surface area contributed by atoms with Crippen LogP contribution in [0.15, 0.2) is 24.3 Å². The van der Waals surface area contributed by atoms with Gasteiger partial charge in [-0.3, -0.25) is 9.59 Å². The Hall–Kier alpha value is -1.92. The molecule has 144 valence electrons. The largest absolute Gasteiger partial charge is 0.383 e. The highest BCUT2D eigenvalue weighted by atomic mass is 16.5. The van der Waals surface area contributed by atoms with E-state index in [0.29, 0.717) is 32.5 Å². The van der Waals surface area contributed by atoms with Gasteiger partial charge in [-0.05, 0) is 38.6 Å². The van der Waals surface area contributed by atoms with Crippen molar-refractivity contribution in [2.45, 2.75) is 25.8 Å².